The second-order valence-electron chi connectivity index (χ2n) is 8.54. The van der Waals surface area contributed by atoms with Gasteiger partial charge in [0.15, 0.2) is 0 Å². The van der Waals surface area contributed by atoms with E-state index in [1.54, 1.807) is 18.2 Å². The Morgan fingerprint density at radius 2 is 1.82 bits per heavy atom. The number of hydrogen-bond acceptors (Lipinski definition) is 6. The van der Waals surface area contributed by atoms with Gasteiger partial charge in [-0.2, -0.15) is 8.42 Å². The summed E-state index contributed by atoms with van der Waals surface area (Å²) in [7, 11) is -4.05. The van der Waals surface area contributed by atoms with E-state index >= 15 is 0 Å². The van der Waals surface area contributed by atoms with Crippen molar-refractivity contribution in [1.29, 1.82) is 5.41 Å². The number of benzene rings is 3. The SMILES string of the molecule is N=C(N)c1ccc2ccc(CN3c4ccc(N5CCCNCC5)cc4C(=O)NS3(=O)=O)cc2c1. The van der Waals surface area contributed by atoms with Crippen molar-refractivity contribution in [3.8, 4) is 0 Å². The van der Waals surface area contributed by atoms with Gasteiger partial charge < -0.3 is 16.0 Å². The number of rotatable bonds is 4. The number of fused-ring (bicyclic) bond motifs is 2. The fraction of sp³-hybridized carbons (Fsp3) is 0.250. The third-order valence-electron chi connectivity index (χ3n) is 6.25. The number of amidine groups is 1. The van der Waals surface area contributed by atoms with E-state index < -0.39 is 16.1 Å². The van der Waals surface area contributed by atoms with Crippen molar-refractivity contribution in [3.05, 3.63) is 71.3 Å². The molecule has 34 heavy (non-hydrogen) atoms. The zero-order valence-electron chi connectivity index (χ0n) is 18.5. The Morgan fingerprint density at radius 3 is 2.65 bits per heavy atom. The first kappa shape index (κ1) is 22.2. The minimum atomic E-state index is -4.05. The predicted molar refractivity (Wildman–Crippen MR) is 134 cm³/mol. The Bertz CT molecular complexity index is 1400. The number of nitrogens with two attached hydrogens (primary N) is 1. The van der Waals surface area contributed by atoms with Gasteiger partial charge in [0.2, 0.25) is 0 Å². The third kappa shape index (κ3) is 4.17. The number of carbonyl (C=O) groups excluding carboxylic acids is 1. The van der Waals surface area contributed by atoms with E-state index in [9.17, 15) is 13.2 Å². The Labute approximate surface area is 198 Å². The Kier molecular flexibility index (Phi) is 5.62. The molecule has 3 aromatic rings. The highest BCUT2D eigenvalue weighted by Gasteiger charge is 2.35. The molecule has 0 saturated carbocycles. The maximum Gasteiger partial charge on any atom is 0.326 e. The molecular weight excluding hydrogens is 452 g/mol. The second-order valence-corrected chi connectivity index (χ2v) is 10.1. The van der Waals surface area contributed by atoms with Crippen molar-refractivity contribution in [2.45, 2.75) is 13.0 Å². The van der Waals surface area contributed by atoms with Crippen LogP contribution in [-0.4, -0.2) is 46.3 Å². The summed E-state index contributed by atoms with van der Waals surface area (Å²) >= 11 is 0. The minimum Gasteiger partial charge on any atom is -0.384 e. The molecule has 1 fully saturated rings. The number of amides is 1. The van der Waals surface area contributed by atoms with Crippen LogP contribution in [0.3, 0.4) is 0 Å². The fourth-order valence-electron chi connectivity index (χ4n) is 4.48. The molecule has 0 spiro atoms. The van der Waals surface area contributed by atoms with Crippen molar-refractivity contribution in [2.75, 3.05) is 35.4 Å². The van der Waals surface area contributed by atoms with Crippen LogP contribution in [0.1, 0.15) is 27.9 Å². The molecule has 2 aliphatic heterocycles. The second kappa shape index (κ2) is 8.62. The summed E-state index contributed by atoms with van der Waals surface area (Å²) in [6.45, 7) is 3.56. The lowest BCUT2D eigenvalue weighted by Crippen LogP contribution is -2.48. The zero-order chi connectivity index (χ0) is 23.9. The number of hydrogen-bond donors (Lipinski definition) is 4. The van der Waals surface area contributed by atoms with Crippen LogP contribution in [0.15, 0.2) is 54.6 Å². The van der Waals surface area contributed by atoms with Gasteiger partial charge in [0.05, 0.1) is 17.8 Å². The molecule has 0 unspecified atom stereocenters. The standard InChI is InChI=1S/C24H26N6O3S/c25-23(26)18-5-4-17-3-2-16(12-19(17)13-18)15-30-22-7-6-20(29-10-1-8-27-9-11-29)14-21(22)24(31)28-34(30,32)33/h2-7,12-14,27H,1,8-11,15H2,(H3,25,26)(H,28,31). The van der Waals surface area contributed by atoms with Crippen LogP contribution in [0.5, 0.6) is 0 Å². The molecular formula is C24H26N6O3S. The van der Waals surface area contributed by atoms with E-state index in [0.29, 0.717) is 16.8 Å². The van der Waals surface area contributed by atoms with E-state index in [-0.39, 0.29) is 12.4 Å². The zero-order valence-corrected chi connectivity index (χ0v) is 19.4. The largest absolute Gasteiger partial charge is 0.384 e. The monoisotopic (exact) mass is 478 g/mol. The molecule has 0 aliphatic carbocycles. The average molecular weight is 479 g/mol. The van der Waals surface area contributed by atoms with Crippen LogP contribution in [-0.2, 0) is 16.8 Å². The lowest BCUT2D eigenvalue weighted by atomic mass is 10.0. The summed E-state index contributed by atoms with van der Waals surface area (Å²) in [5.74, 6) is -0.649. The summed E-state index contributed by atoms with van der Waals surface area (Å²) in [4.78, 5) is 14.9. The van der Waals surface area contributed by atoms with Gasteiger partial charge in [0.1, 0.15) is 5.84 Å². The third-order valence-corrected chi connectivity index (χ3v) is 7.60. The first-order valence-corrected chi connectivity index (χ1v) is 12.6. The molecule has 2 aliphatic rings. The molecule has 0 radical (unpaired) electrons. The summed E-state index contributed by atoms with van der Waals surface area (Å²) in [5.41, 5.74) is 8.57. The van der Waals surface area contributed by atoms with Crippen molar-refractivity contribution in [3.63, 3.8) is 0 Å². The normalized spacial score (nSPS) is 17.7. The van der Waals surface area contributed by atoms with Crippen molar-refractivity contribution in [2.24, 2.45) is 5.73 Å². The van der Waals surface area contributed by atoms with Crippen LogP contribution < -0.4 is 25.0 Å². The molecule has 1 saturated heterocycles. The van der Waals surface area contributed by atoms with E-state index in [2.05, 4.69) is 14.9 Å². The predicted octanol–water partition coefficient (Wildman–Crippen LogP) is 1.92. The van der Waals surface area contributed by atoms with Crippen molar-refractivity contribution in [1.82, 2.24) is 10.0 Å². The highest BCUT2D eigenvalue weighted by molar-refractivity contribution is 7.91. The molecule has 0 aromatic heterocycles. The van der Waals surface area contributed by atoms with Crippen LogP contribution >= 0.6 is 0 Å². The summed E-state index contributed by atoms with van der Waals surface area (Å²) in [6, 6.07) is 16.5. The topological polar surface area (TPSA) is 132 Å². The summed E-state index contributed by atoms with van der Waals surface area (Å²) < 4.78 is 29.3. The van der Waals surface area contributed by atoms with Gasteiger partial charge in [-0.1, -0.05) is 24.3 Å². The van der Waals surface area contributed by atoms with Gasteiger partial charge in [-0.3, -0.25) is 10.2 Å². The molecule has 0 atom stereocenters. The minimum absolute atomic E-state index is 0.0291. The highest BCUT2D eigenvalue weighted by Crippen LogP contribution is 2.33. The fourth-order valence-corrected chi connectivity index (χ4v) is 5.67. The summed E-state index contributed by atoms with van der Waals surface area (Å²) in [5, 5.41) is 12.8. The van der Waals surface area contributed by atoms with E-state index in [1.165, 1.54) is 4.31 Å². The molecule has 1 amide bonds. The van der Waals surface area contributed by atoms with Gasteiger partial charge in [0, 0.05) is 30.9 Å². The van der Waals surface area contributed by atoms with E-state index in [0.717, 1.165) is 54.6 Å². The Morgan fingerprint density at radius 1 is 1.00 bits per heavy atom. The van der Waals surface area contributed by atoms with Gasteiger partial charge in [0.25, 0.3) is 5.91 Å². The molecule has 176 valence electrons. The highest BCUT2D eigenvalue weighted by atomic mass is 32.2. The van der Waals surface area contributed by atoms with Crippen molar-refractivity contribution >= 4 is 44.1 Å². The average Bonchev–Trinajstić information content (AvgIpc) is 3.10. The van der Waals surface area contributed by atoms with Crippen LogP contribution in [0.25, 0.3) is 10.8 Å². The number of nitrogens with zero attached hydrogens (tertiary/aromatic N) is 2. The van der Waals surface area contributed by atoms with Gasteiger partial charge >= 0.3 is 10.2 Å². The van der Waals surface area contributed by atoms with E-state index in [4.69, 9.17) is 11.1 Å². The molecule has 5 N–H and O–H groups in total. The van der Waals surface area contributed by atoms with Gasteiger partial charge in [-0.25, -0.2) is 9.03 Å². The number of anilines is 2. The Balaban J connectivity index is 1.51. The molecule has 9 nitrogen and oxygen atoms in total. The molecule has 5 rings (SSSR count). The van der Waals surface area contributed by atoms with Crippen LogP contribution in [0, 0.1) is 5.41 Å². The maximum absolute atomic E-state index is 12.9. The molecule has 0 bridgehead atoms. The lowest BCUT2D eigenvalue weighted by Gasteiger charge is -2.32. The quantitative estimate of drug-likeness (QED) is 0.335. The number of nitrogen functional groups attached to an aromatic ring is 1. The smallest absolute Gasteiger partial charge is 0.326 e. The van der Waals surface area contributed by atoms with Crippen LogP contribution in [0.4, 0.5) is 11.4 Å². The number of nitrogens with one attached hydrogen (secondary N) is 3. The van der Waals surface area contributed by atoms with E-state index in [1.807, 2.05) is 36.4 Å². The lowest BCUT2D eigenvalue weighted by molar-refractivity contribution is 0.0979. The molecule has 2 heterocycles. The molecule has 10 heteroatoms. The molecule has 3 aromatic carbocycles. The van der Waals surface area contributed by atoms with Gasteiger partial charge in [-0.15, -0.1) is 0 Å². The Hall–Kier alpha value is -3.63. The van der Waals surface area contributed by atoms with Crippen molar-refractivity contribution < 1.29 is 13.2 Å². The van der Waals surface area contributed by atoms with Gasteiger partial charge in [-0.05, 0) is 59.6 Å². The maximum atomic E-state index is 12.9. The first-order valence-electron chi connectivity index (χ1n) is 11.1. The van der Waals surface area contributed by atoms with Crippen LogP contribution in [0.2, 0.25) is 0 Å². The number of carbonyl (C=O) groups is 1. The first-order chi connectivity index (χ1) is 16.3. The summed E-state index contributed by atoms with van der Waals surface area (Å²) in [6.07, 6.45) is 0.997.